The van der Waals surface area contributed by atoms with Crippen molar-refractivity contribution in [2.75, 3.05) is 17.2 Å². The minimum atomic E-state index is -0.801. The van der Waals surface area contributed by atoms with E-state index in [4.69, 9.17) is 0 Å². The molecule has 0 fully saturated rings. The molecule has 0 aliphatic carbocycles. The van der Waals surface area contributed by atoms with Crippen LogP contribution in [0.25, 0.3) is 0 Å². The number of anilines is 2. The molecule has 0 saturated carbocycles. The van der Waals surface area contributed by atoms with E-state index < -0.39 is 23.6 Å². The fraction of sp³-hybridized carbons (Fsp3) is 0.0667. The zero-order valence-corrected chi connectivity index (χ0v) is 11.4. The van der Waals surface area contributed by atoms with Gasteiger partial charge < -0.3 is 16.0 Å². The van der Waals surface area contributed by atoms with E-state index in [0.717, 1.165) is 12.1 Å². The number of carbonyl (C=O) groups is 2. The molecule has 0 aliphatic heterocycles. The zero-order chi connectivity index (χ0) is 15.9. The van der Waals surface area contributed by atoms with Gasteiger partial charge in [-0.3, -0.25) is 4.79 Å². The van der Waals surface area contributed by atoms with E-state index in [1.807, 2.05) is 0 Å². The van der Waals surface area contributed by atoms with Gasteiger partial charge in [-0.2, -0.15) is 0 Å². The summed E-state index contributed by atoms with van der Waals surface area (Å²) in [6, 6.07) is 10.8. The van der Waals surface area contributed by atoms with Crippen LogP contribution in [0.2, 0.25) is 0 Å². The van der Waals surface area contributed by atoms with Gasteiger partial charge in [0.1, 0.15) is 11.6 Å². The van der Waals surface area contributed by atoms with Crippen LogP contribution >= 0.6 is 0 Å². The van der Waals surface area contributed by atoms with Crippen LogP contribution in [0.15, 0.2) is 48.5 Å². The molecule has 7 heteroatoms. The Balaban J connectivity index is 1.81. The smallest absolute Gasteiger partial charge is 0.319 e. The average molecular weight is 305 g/mol. The number of benzene rings is 2. The molecule has 0 radical (unpaired) electrons. The lowest BCUT2D eigenvalue weighted by Gasteiger charge is -2.08. The topological polar surface area (TPSA) is 70.2 Å². The van der Waals surface area contributed by atoms with Gasteiger partial charge in [0.15, 0.2) is 0 Å². The molecule has 0 saturated heterocycles. The lowest BCUT2D eigenvalue weighted by molar-refractivity contribution is -0.115. The van der Waals surface area contributed by atoms with Crippen LogP contribution in [0.3, 0.4) is 0 Å². The molecular weight excluding hydrogens is 292 g/mol. The molecule has 2 aromatic carbocycles. The average Bonchev–Trinajstić information content (AvgIpc) is 2.45. The molecule has 3 N–H and O–H groups in total. The molecule has 0 atom stereocenters. The summed E-state index contributed by atoms with van der Waals surface area (Å²) < 4.78 is 25.9. The van der Waals surface area contributed by atoms with Crippen LogP contribution < -0.4 is 16.0 Å². The van der Waals surface area contributed by atoms with E-state index >= 15 is 0 Å². The molecule has 5 nitrogen and oxygen atoms in total. The van der Waals surface area contributed by atoms with Crippen molar-refractivity contribution in [3.05, 3.63) is 60.2 Å². The van der Waals surface area contributed by atoms with Gasteiger partial charge in [-0.05, 0) is 24.3 Å². The first-order valence-corrected chi connectivity index (χ1v) is 6.39. The first-order valence-electron chi connectivity index (χ1n) is 6.39. The lowest BCUT2D eigenvalue weighted by Crippen LogP contribution is -2.35. The minimum Gasteiger partial charge on any atom is -0.329 e. The Hall–Kier alpha value is -2.96. The van der Waals surface area contributed by atoms with Crippen LogP contribution in [0.4, 0.5) is 25.0 Å². The van der Waals surface area contributed by atoms with Crippen molar-refractivity contribution in [1.29, 1.82) is 0 Å². The maximum atomic E-state index is 13.0. The number of urea groups is 1. The van der Waals surface area contributed by atoms with E-state index in [9.17, 15) is 18.4 Å². The first kappa shape index (κ1) is 15.4. The number of halogens is 2. The second-order valence-electron chi connectivity index (χ2n) is 4.38. The normalized spacial score (nSPS) is 9.91. The van der Waals surface area contributed by atoms with E-state index in [2.05, 4.69) is 16.0 Å². The summed E-state index contributed by atoms with van der Waals surface area (Å²) in [6.07, 6.45) is 0. The molecule has 0 spiro atoms. The maximum Gasteiger partial charge on any atom is 0.319 e. The van der Waals surface area contributed by atoms with E-state index in [1.165, 1.54) is 0 Å². The molecule has 2 aromatic rings. The highest BCUT2D eigenvalue weighted by Gasteiger charge is 2.07. The number of para-hydroxylation sites is 1. The number of rotatable bonds is 4. The zero-order valence-electron chi connectivity index (χ0n) is 11.4. The Morgan fingerprint density at radius 3 is 2.14 bits per heavy atom. The molecule has 2 rings (SSSR count). The van der Waals surface area contributed by atoms with Crippen LogP contribution in [-0.4, -0.2) is 18.5 Å². The van der Waals surface area contributed by atoms with Crippen molar-refractivity contribution in [2.45, 2.75) is 0 Å². The highest BCUT2D eigenvalue weighted by Crippen LogP contribution is 2.12. The third kappa shape index (κ3) is 4.86. The van der Waals surface area contributed by atoms with Crippen molar-refractivity contribution in [1.82, 2.24) is 5.32 Å². The highest BCUT2D eigenvalue weighted by atomic mass is 19.1. The summed E-state index contributed by atoms with van der Waals surface area (Å²) in [7, 11) is 0. The summed E-state index contributed by atoms with van der Waals surface area (Å²) in [6.45, 7) is -0.337. The van der Waals surface area contributed by atoms with E-state index in [0.29, 0.717) is 11.8 Å². The van der Waals surface area contributed by atoms with Crippen molar-refractivity contribution in [2.24, 2.45) is 0 Å². The molecule has 0 unspecified atom stereocenters. The fourth-order valence-electron chi connectivity index (χ4n) is 1.69. The van der Waals surface area contributed by atoms with Gasteiger partial charge in [0, 0.05) is 17.4 Å². The van der Waals surface area contributed by atoms with Crippen LogP contribution in [0.5, 0.6) is 0 Å². The molecule has 0 aromatic heterocycles. The predicted molar refractivity (Wildman–Crippen MR) is 78.5 cm³/mol. The molecule has 0 aliphatic rings. The monoisotopic (exact) mass is 305 g/mol. The quantitative estimate of drug-likeness (QED) is 0.813. The van der Waals surface area contributed by atoms with Crippen LogP contribution in [0.1, 0.15) is 0 Å². The van der Waals surface area contributed by atoms with Crippen LogP contribution in [0, 0.1) is 11.6 Å². The predicted octanol–water partition coefficient (Wildman–Crippen LogP) is 2.73. The number of hydrogen-bond donors (Lipinski definition) is 3. The molecule has 3 amide bonds. The van der Waals surface area contributed by atoms with Crippen molar-refractivity contribution < 1.29 is 18.4 Å². The standard InChI is InChI=1S/C15H13F2N3O2/c16-10-6-11(17)8-13(7-10)19-14(21)9-18-15(22)20-12-4-2-1-3-5-12/h1-8H,9H2,(H,19,21)(H2,18,20,22). The Bertz CT molecular complexity index is 657. The van der Waals surface area contributed by atoms with Crippen molar-refractivity contribution in [3.63, 3.8) is 0 Å². The van der Waals surface area contributed by atoms with Gasteiger partial charge in [-0.1, -0.05) is 18.2 Å². The van der Waals surface area contributed by atoms with Gasteiger partial charge in [0.2, 0.25) is 5.91 Å². The van der Waals surface area contributed by atoms with E-state index in [-0.39, 0.29) is 12.2 Å². The Kier molecular flexibility index (Phi) is 5.02. The fourth-order valence-corrected chi connectivity index (χ4v) is 1.69. The third-order valence-corrected chi connectivity index (χ3v) is 2.59. The molecule has 22 heavy (non-hydrogen) atoms. The molecule has 0 heterocycles. The van der Waals surface area contributed by atoms with Crippen LogP contribution in [-0.2, 0) is 4.79 Å². The van der Waals surface area contributed by atoms with Crippen molar-refractivity contribution in [3.8, 4) is 0 Å². The summed E-state index contributed by atoms with van der Waals surface area (Å²) in [4.78, 5) is 23.1. The minimum absolute atomic E-state index is 0.0206. The Morgan fingerprint density at radius 1 is 0.864 bits per heavy atom. The third-order valence-electron chi connectivity index (χ3n) is 2.59. The summed E-state index contributed by atoms with van der Waals surface area (Å²) in [5, 5.41) is 7.14. The summed E-state index contributed by atoms with van der Waals surface area (Å²) in [5.74, 6) is -2.21. The number of nitrogens with one attached hydrogen (secondary N) is 3. The van der Waals surface area contributed by atoms with Gasteiger partial charge in [-0.15, -0.1) is 0 Å². The lowest BCUT2D eigenvalue weighted by atomic mass is 10.3. The SMILES string of the molecule is O=C(CNC(=O)Nc1ccccc1)Nc1cc(F)cc(F)c1. The van der Waals surface area contributed by atoms with Crippen molar-refractivity contribution >= 4 is 23.3 Å². The highest BCUT2D eigenvalue weighted by molar-refractivity contribution is 5.96. The number of carbonyl (C=O) groups excluding carboxylic acids is 2. The van der Waals surface area contributed by atoms with E-state index in [1.54, 1.807) is 30.3 Å². The number of amides is 3. The number of hydrogen-bond acceptors (Lipinski definition) is 2. The molecule has 0 bridgehead atoms. The molecule has 114 valence electrons. The maximum absolute atomic E-state index is 13.0. The molecular formula is C15H13F2N3O2. The van der Waals surface area contributed by atoms with Gasteiger partial charge in [0.25, 0.3) is 0 Å². The summed E-state index contributed by atoms with van der Waals surface area (Å²) >= 11 is 0. The van der Waals surface area contributed by atoms with Gasteiger partial charge in [0.05, 0.1) is 6.54 Å². The summed E-state index contributed by atoms with van der Waals surface area (Å²) in [5.41, 5.74) is 0.556. The second kappa shape index (κ2) is 7.16. The second-order valence-corrected chi connectivity index (χ2v) is 4.38. The van der Waals surface area contributed by atoms with Gasteiger partial charge in [-0.25, -0.2) is 13.6 Å². The Labute approximate surface area is 125 Å². The van der Waals surface area contributed by atoms with Gasteiger partial charge >= 0.3 is 6.03 Å². The largest absolute Gasteiger partial charge is 0.329 e. The first-order chi connectivity index (χ1) is 10.5. The Morgan fingerprint density at radius 2 is 1.50 bits per heavy atom.